The first-order valence-corrected chi connectivity index (χ1v) is 7.36. The Bertz CT molecular complexity index is 446. The number of aliphatic hydroxyl groups excluding tert-OH is 1. The quantitative estimate of drug-likeness (QED) is 0.918. The van der Waals surface area contributed by atoms with Gasteiger partial charge < -0.3 is 9.84 Å². The average molecular weight is 283 g/mol. The molecule has 2 nitrogen and oxygen atoms in total. The molecule has 5 unspecified atom stereocenters. The molecular formula is C16H23ClO2. The molecule has 0 aromatic heterocycles. The molecule has 1 aromatic rings. The number of aliphatic hydroxyl groups is 1. The minimum Gasteiger partial charge on any atom is -0.392 e. The second-order valence-electron chi connectivity index (χ2n) is 5.85. The lowest BCUT2D eigenvalue weighted by Gasteiger charge is -2.25. The third kappa shape index (κ3) is 3.13. The van der Waals surface area contributed by atoms with E-state index in [4.69, 9.17) is 16.3 Å². The van der Waals surface area contributed by atoms with Crippen molar-refractivity contribution in [1.82, 2.24) is 0 Å². The van der Waals surface area contributed by atoms with E-state index in [2.05, 4.69) is 13.8 Å². The molecule has 106 valence electrons. The highest BCUT2D eigenvalue weighted by Gasteiger charge is 2.41. The van der Waals surface area contributed by atoms with Crippen molar-refractivity contribution in [3.63, 3.8) is 0 Å². The van der Waals surface area contributed by atoms with Crippen molar-refractivity contribution in [3.05, 3.63) is 34.3 Å². The Labute approximate surface area is 120 Å². The fourth-order valence-corrected chi connectivity index (χ4v) is 3.45. The van der Waals surface area contributed by atoms with Gasteiger partial charge in [-0.25, -0.2) is 0 Å². The van der Waals surface area contributed by atoms with E-state index in [0.29, 0.717) is 12.3 Å². The molecule has 2 rings (SSSR count). The molecule has 0 bridgehead atoms. The van der Waals surface area contributed by atoms with Gasteiger partial charge in [0.25, 0.3) is 0 Å². The van der Waals surface area contributed by atoms with Gasteiger partial charge in [-0.2, -0.15) is 0 Å². The molecule has 1 N–H and O–H groups in total. The summed E-state index contributed by atoms with van der Waals surface area (Å²) in [5.41, 5.74) is 2.15. The Morgan fingerprint density at radius 1 is 1.26 bits per heavy atom. The largest absolute Gasteiger partial charge is 0.392 e. The average Bonchev–Trinajstić information content (AvgIpc) is 2.57. The molecule has 1 saturated heterocycles. The van der Waals surface area contributed by atoms with Crippen molar-refractivity contribution in [2.45, 2.75) is 52.4 Å². The molecule has 1 fully saturated rings. The third-order valence-electron chi connectivity index (χ3n) is 4.40. The standard InChI is InChI=1S/C16H23ClO2/c1-9-5-6-13(14(17)7-9)8-15(18)16-10(2)11(3)19-12(16)4/h5-7,10-12,15-16,18H,8H2,1-4H3. The van der Waals surface area contributed by atoms with E-state index in [1.807, 2.05) is 32.0 Å². The maximum atomic E-state index is 10.5. The molecule has 3 heteroatoms. The number of rotatable bonds is 3. The molecule has 0 aliphatic carbocycles. The topological polar surface area (TPSA) is 29.5 Å². The van der Waals surface area contributed by atoms with Crippen molar-refractivity contribution >= 4 is 11.6 Å². The van der Waals surface area contributed by atoms with Crippen LogP contribution < -0.4 is 0 Å². The summed E-state index contributed by atoms with van der Waals surface area (Å²) >= 11 is 6.24. The summed E-state index contributed by atoms with van der Waals surface area (Å²) in [7, 11) is 0. The predicted octanol–water partition coefficient (Wildman–Crippen LogP) is 3.61. The van der Waals surface area contributed by atoms with E-state index in [9.17, 15) is 5.11 Å². The predicted molar refractivity (Wildman–Crippen MR) is 78.6 cm³/mol. The maximum Gasteiger partial charge on any atom is 0.0637 e. The fourth-order valence-electron chi connectivity index (χ4n) is 3.14. The van der Waals surface area contributed by atoms with Crippen LogP contribution in [0.15, 0.2) is 18.2 Å². The number of hydrogen-bond donors (Lipinski definition) is 1. The number of halogens is 1. The van der Waals surface area contributed by atoms with Gasteiger partial charge in [-0.05, 0) is 43.9 Å². The number of benzene rings is 1. The van der Waals surface area contributed by atoms with Gasteiger partial charge in [0.2, 0.25) is 0 Å². The van der Waals surface area contributed by atoms with Crippen LogP contribution in [-0.2, 0) is 11.2 Å². The fraction of sp³-hybridized carbons (Fsp3) is 0.625. The van der Waals surface area contributed by atoms with E-state index >= 15 is 0 Å². The summed E-state index contributed by atoms with van der Waals surface area (Å²) in [6.07, 6.45) is 0.497. The Hall–Kier alpha value is -0.570. The Morgan fingerprint density at radius 2 is 1.95 bits per heavy atom. The van der Waals surface area contributed by atoms with Gasteiger partial charge in [0.05, 0.1) is 18.3 Å². The van der Waals surface area contributed by atoms with Gasteiger partial charge in [-0.1, -0.05) is 30.7 Å². The smallest absolute Gasteiger partial charge is 0.0637 e. The van der Waals surface area contributed by atoms with Gasteiger partial charge in [-0.15, -0.1) is 0 Å². The van der Waals surface area contributed by atoms with Crippen LogP contribution in [0.5, 0.6) is 0 Å². The molecule has 19 heavy (non-hydrogen) atoms. The van der Waals surface area contributed by atoms with E-state index in [-0.39, 0.29) is 18.1 Å². The molecule has 1 heterocycles. The Kier molecular flexibility index (Phi) is 4.54. The van der Waals surface area contributed by atoms with Gasteiger partial charge in [-0.3, -0.25) is 0 Å². The lowest BCUT2D eigenvalue weighted by Crippen LogP contribution is -2.32. The van der Waals surface area contributed by atoms with Crippen LogP contribution in [0.25, 0.3) is 0 Å². The highest BCUT2D eigenvalue weighted by atomic mass is 35.5. The zero-order chi connectivity index (χ0) is 14.2. The third-order valence-corrected chi connectivity index (χ3v) is 4.75. The van der Waals surface area contributed by atoms with E-state index in [1.54, 1.807) is 0 Å². The van der Waals surface area contributed by atoms with Gasteiger partial charge in [0.15, 0.2) is 0 Å². The minimum absolute atomic E-state index is 0.101. The van der Waals surface area contributed by atoms with Crippen LogP contribution in [0.2, 0.25) is 5.02 Å². The van der Waals surface area contributed by atoms with Crippen molar-refractivity contribution in [3.8, 4) is 0 Å². The molecule has 0 saturated carbocycles. The summed E-state index contributed by atoms with van der Waals surface area (Å²) < 4.78 is 5.80. The van der Waals surface area contributed by atoms with E-state index in [1.165, 1.54) is 0 Å². The summed E-state index contributed by atoms with van der Waals surface area (Å²) in [4.78, 5) is 0. The van der Waals surface area contributed by atoms with E-state index in [0.717, 1.165) is 16.1 Å². The number of ether oxygens (including phenoxy) is 1. The molecular weight excluding hydrogens is 260 g/mol. The molecule has 1 aromatic carbocycles. The van der Waals surface area contributed by atoms with Crippen LogP contribution in [0.4, 0.5) is 0 Å². The van der Waals surface area contributed by atoms with Crippen LogP contribution >= 0.6 is 11.6 Å². The minimum atomic E-state index is -0.407. The summed E-state index contributed by atoms with van der Waals surface area (Å²) in [5.74, 6) is 0.543. The normalized spacial score (nSPS) is 32.5. The van der Waals surface area contributed by atoms with E-state index < -0.39 is 6.10 Å². The van der Waals surface area contributed by atoms with Crippen molar-refractivity contribution in [2.75, 3.05) is 0 Å². The second kappa shape index (κ2) is 5.82. The summed E-state index contributed by atoms with van der Waals surface area (Å²) in [6, 6.07) is 5.99. The summed E-state index contributed by atoms with van der Waals surface area (Å²) in [6.45, 7) is 8.29. The molecule has 5 atom stereocenters. The van der Waals surface area contributed by atoms with Gasteiger partial charge in [0.1, 0.15) is 0 Å². The summed E-state index contributed by atoms with van der Waals surface area (Å²) in [5, 5.41) is 11.3. The van der Waals surface area contributed by atoms with Gasteiger partial charge >= 0.3 is 0 Å². The molecule has 1 aliphatic heterocycles. The first-order chi connectivity index (χ1) is 8.90. The zero-order valence-corrected chi connectivity index (χ0v) is 12.8. The van der Waals surface area contributed by atoms with Crippen LogP contribution in [-0.4, -0.2) is 23.4 Å². The maximum absolute atomic E-state index is 10.5. The molecule has 1 aliphatic rings. The lowest BCUT2D eigenvalue weighted by atomic mass is 9.82. The lowest BCUT2D eigenvalue weighted by molar-refractivity contribution is 0.0240. The Morgan fingerprint density at radius 3 is 2.47 bits per heavy atom. The molecule has 0 amide bonds. The van der Waals surface area contributed by atoms with Gasteiger partial charge in [0, 0.05) is 17.4 Å². The van der Waals surface area contributed by atoms with Crippen molar-refractivity contribution in [1.29, 1.82) is 0 Å². The number of aryl methyl sites for hydroxylation is 1. The van der Waals surface area contributed by atoms with Crippen molar-refractivity contribution < 1.29 is 9.84 Å². The zero-order valence-electron chi connectivity index (χ0n) is 12.1. The first-order valence-electron chi connectivity index (χ1n) is 6.98. The highest BCUT2D eigenvalue weighted by Crippen LogP contribution is 2.36. The number of hydrogen-bond acceptors (Lipinski definition) is 2. The Balaban J connectivity index is 2.10. The SMILES string of the molecule is Cc1ccc(CC(O)C2C(C)OC(C)C2C)c(Cl)c1. The highest BCUT2D eigenvalue weighted by molar-refractivity contribution is 6.31. The monoisotopic (exact) mass is 282 g/mol. The molecule has 0 spiro atoms. The van der Waals surface area contributed by atoms with Crippen LogP contribution in [0.1, 0.15) is 31.9 Å². The molecule has 0 radical (unpaired) electrons. The van der Waals surface area contributed by atoms with Crippen LogP contribution in [0, 0.1) is 18.8 Å². The second-order valence-corrected chi connectivity index (χ2v) is 6.26. The van der Waals surface area contributed by atoms with Crippen molar-refractivity contribution in [2.24, 2.45) is 11.8 Å². The first kappa shape index (κ1) is 14.8. The van der Waals surface area contributed by atoms with Crippen LogP contribution in [0.3, 0.4) is 0 Å².